The molecule has 2 aromatic heterocycles. The number of aromatic nitrogens is 4. The van der Waals surface area contributed by atoms with Gasteiger partial charge in [-0.05, 0) is 12.0 Å². The number of hydrogen-bond donors (Lipinski definition) is 2. The van der Waals surface area contributed by atoms with E-state index in [2.05, 4.69) is 20.8 Å². The summed E-state index contributed by atoms with van der Waals surface area (Å²) >= 11 is 0. The van der Waals surface area contributed by atoms with Crippen molar-refractivity contribution in [2.24, 2.45) is 20.0 Å². The molecule has 0 saturated carbocycles. The van der Waals surface area contributed by atoms with Crippen molar-refractivity contribution in [1.82, 2.24) is 24.9 Å². The predicted octanol–water partition coefficient (Wildman–Crippen LogP) is 0.658. The van der Waals surface area contributed by atoms with E-state index in [1.807, 2.05) is 39.5 Å². The zero-order chi connectivity index (χ0) is 15.7. The van der Waals surface area contributed by atoms with E-state index in [1.54, 1.807) is 9.36 Å². The quantitative estimate of drug-likeness (QED) is 0.870. The molecule has 3 rings (SSSR count). The van der Waals surface area contributed by atoms with E-state index in [0.717, 1.165) is 30.0 Å². The Morgan fingerprint density at radius 2 is 2.27 bits per heavy atom. The number of hydrogen-bond acceptors (Lipinski definition) is 4. The van der Waals surface area contributed by atoms with Gasteiger partial charge in [-0.3, -0.25) is 14.2 Å². The maximum atomic E-state index is 12.6. The summed E-state index contributed by atoms with van der Waals surface area (Å²) < 4.78 is 3.50. The van der Waals surface area contributed by atoms with Crippen molar-refractivity contribution in [2.75, 3.05) is 18.4 Å². The molecule has 7 nitrogen and oxygen atoms in total. The van der Waals surface area contributed by atoms with Gasteiger partial charge in [-0.25, -0.2) is 0 Å². The van der Waals surface area contributed by atoms with E-state index in [-0.39, 0.29) is 17.7 Å². The second kappa shape index (κ2) is 5.92. The lowest BCUT2D eigenvalue weighted by Gasteiger charge is -2.16. The van der Waals surface area contributed by atoms with E-state index in [9.17, 15) is 4.79 Å². The van der Waals surface area contributed by atoms with Crippen LogP contribution in [0.15, 0.2) is 18.5 Å². The SMILES string of the molecule is CCc1cc(NC(=O)[C@H]2CNC[C@@H]2c2cnn(C)c2)n(C)n1. The largest absolute Gasteiger partial charge is 0.315 e. The number of aryl methyl sites for hydroxylation is 3. The Morgan fingerprint density at radius 3 is 2.91 bits per heavy atom. The maximum Gasteiger partial charge on any atom is 0.230 e. The van der Waals surface area contributed by atoms with Crippen molar-refractivity contribution in [2.45, 2.75) is 19.3 Å². The molecule has 7 heteroatoms. The third-order valence-electron chi connectivity index (χ3n) is 4.25. The highest BCUT2D eigenvalue weighted by Crippen LogP contribution is 2.28. The number of rotatable bonds is 4. The Morgan fingerprint density at radius 1 is 1.45 bits per heavy atom. The summed E-state index contributed by atoms with van der Waals surface area (Å²) in [5.41, 5.74) is 2.08. The standard InChI is InChI=1S/C15H22N6O/c1-4-11-5-14(21(3)19-11)18-15(22)13-8-16-7-12(13)10-6-17-20(2)9-10/h5-6,9,12-13,16H,4,7-8H2,1-3H3,(H,18,22)/t12-,13+/m1/s1. The molecule has 1 aliphatic heterocycles. The molecule has 2 aromatic rings. The summed E-state index contributed by atoms with van der Waals surface area (Å²) in [7, 11) is 3.74. The van der Waals surface area contributed by atoms with Crippen LogP contribution in [0.1, 0.15) is 24.1 Å². The zero-order valence-corrected chi connectivity index (χ0v) is 13.2. The molecule has 1 amide bonds. The third kappa shape index (κ3) is 2.76. The molecule has 2 N–H and O–H groups in total. The molecule has 0 spiro atoms. The number of carbonyl (C=O) groups is 1. The van der Waals surface area contributed by atoms with Crippen molar-refractivity contribution in [3.63, 3.8) is 0 Å². The molecule has 0 unspecified atom stereocenters. The topological polar surface area (TPSA) is 76.8 Å². The van der Waals surface area contributed by atoms with Crippen molar-refractivity contribution in [1.29, 1.82) is 0 Å². The molecular formula is C15H22N6O. The van der Waals surface area contributed by atoms with E-state index >= 15 is 0 Å². The molecular weight excluding hydrogens is 280 g/mol. The lowest BCUT2D eigenvalue weighted by molar-refractivity contribution is -0.119. The highest BCUT2D eigenvalue weighted by Gasteiger charge is 2.35. The van der Waals surface area contributed by atoms with E-state index in [1.165, 1.54) is 0 Å². The van der Waals surface area contributed by atoms with E-state index in [4.69, 9.17) is 0 Å². The Hall–Kier alpha value is -2.15. The monoisotopic (exact) mass is 302 g/mol. The van der Waals surface area contributed by atoms with Gasteiger partial charge >= 0.3 is 0 Å². The molecule has 0 radical (unpaired) electrons. The lowest BCUT2D eigenvalue weighted by Crippen LogP contribution is -2.28. The van der Waals surface area contributed by atoms with Crippen LogP contribution in [0.2, 0.25) is 0 Å². The highest BCUT2D eigenvalue weighted by atomic mass is 16.2. The van der Waals surface area contributed by atoms with Crippen LogP contribution in [0.25, 0.3) is 0 Å². The number of amides is 1. The fraction of sp³-hybridized carbons (Fsp3) is 0.533. The van der Waals surface area contributed by atoms with E-state index in [0.29, 0.717) is 6.54 Å². The lowest BCUT2D eigenvalue weighted by atomic mass is 9.90. The number of nitrogens with one attached hydrogen (secondary N) is 2. The number of nitrogens with zero attached hydrogens (tertiary/aromatic N) is 4. The molecule has 118 valence electrons. The zero-order valence-electron chi connectivity index (χ0n) is 13.2. The van der Waals surface area contributed by atoms with Crippen LogP contribution in [0.5, 0.6) is 0 Å². The number of carbonyl (C=O) groups excluding carboxylic acids is 1. The first-order valence-electron chi connectivity index (χ1n) is 7.61. The molecule has 1 fully saturated rings. The van der Waals surface area contributed by atoms with Crippen LogP contribution in [0.3, 0.4) is 0 Å². The van der Waals surface area contributed by atoms with Gasteiger partial charge in [-0.1, -0.05) is 6.92 Å². The fourth-order valence-corrected chi connectivity index (χ4v) is 2.97. The number of anilines is 1. The Balaban J connectivity index is 1.74. The van der Waals surface area contributed by atoms with Gasteiger partial charge in [0.1, 0.15) is 5.82 Å². The maximum absolute atomic E-state index is 12.6. The van der Waals surface area contributed by atoms with Gasteiger partial charge in [0.15, 0.2) is 0 Å². The minimum absolute atomic E-state index is 0.0320. The normalized spacial score (nSPS) is 21.2. The molecule has 3 heterocycles. The average Bonchev–Trinajstić information content (AvgIpc) is 3.19. The second-order valence-corrected chi connectivity index (χ2v) is 5.81. The minimum atomic E-state index is -0.0934. The fourth-order valence-electron chi connectivity index (χ4n) is 2.97. The van der Waals surface area contributed by atoms with E-state index < -0.39 is 0 Å². The third-order valence-corrected chi connectivity index (χ3v) is 4.25. The summed E-state index contributed by atoms with van der Waals surface area (Å²) in [5.74, 6) is 0.847. The summed E-state index contributed by atoms with van der Waals surface area (Å²) in [5, 5.41) is 14.9. The van der Waals surface area contributed by atoms with Gasteiger partial charge in [-0.2, -0.15) is 10.2 Å². The summed E-state index contributed by atoms with van der Waals surface area (Å²) in [6, 6.07) is 1.93. The first kappa shape index (κ1) is 14.8. The van der Waals surface area contributed by atoms with Crippen molar-refractivity contribution < 1.29 is 4.79 Å². The predicted molar refractivity (Wildman–Crippen MR) is 83.5 cm³/mol. The van der Waals surface area contributed by atoms with Gasteiger partial charge in [0.2, 0.25) is 5.91 Å². The smallest absolute Gasteiger partial charge is 0.230 e. The molecule has 1 saturated heterocycles. The van der Waals surface area contributed by atoms with Crippen LogP contribution in [-0.4, -0.2) is 38.6 Å². The second-order valence-electron chi connectivity index (χ2n) is 5.81. The van der Waals surface area contributed by atoms with Gasteiger partial charge in [0, 0.05) is 45.4 Å². The first-order chi connectivity index (χ1) is 10.6. The molecule has 0 bridgehead atoms. The van der Waals surface area contributed by atoms with Crippen molar-refractivity contribution in [3.8, 4) is 0 Å². The van der Waals surface area contributed by atoms with Crippen LogP contribution < -0.4 is 10.6 Å². The van der Waals surface area contributed by atoms with Crippen molar-refractivity contribution >= 4 is 11.7 Å². The van der Waals surface area contributed by atoms with Gasteiger partial charge < -0.3 is 10.6 Å². The summed E-state index contributed by atoms with van der Waals surface area (Å²) in [6.45, 7) is 3.53. The molecule has 2 atom stereocenters. The minimum Gasteiger partial charge on any atom is -0.315 e. The first-order valence-corrected chi connectivity index (χ1v) is 7.61. The van der Waals surface area contributed by atoms with Crippen LogP contribution in [0, 0.1) is 5.92 Å². The van der Waals surface area contributed by atoms with Crippen LogP contribution in [0.4, 0.5) is 5.82 Å². The summed E-state index contributed by atoms with van der Waals surface area (Å²) in [4.78, 5) is 12.6. The summed E-state index contributed by atoms with van der Waals surface area (Å²) in [6.07, 6.45) is 4.68. The van der Waals surface area contributed by atoms with Crippen molar-refractivity contribution in [3.05, 3.63) is 29.7 Å². The van der Waals surface area contributed by atoms with Crippen LogP contribution in [-0.2, 0) is 25.3 Å². The Kier molecular flexibility index (Phi) is 3.98. The van der Waals surface area contributed by atoms with Gasteiger partial charge in [-0.15, -0.1) is 0 Å². The molecule has 0 aliphatic carbocycles. The molecule has 1 aliphatic rings. The Bertz CT molecular complexity index is 673. The van der Waals surface area contributed by atoms with Crippen LogP contribution >= 0.6 is 0 Å². The van der Waals surface area contributed by atoms with Gasteiger partial charge in [0.05, 0.1) is 17.8 Å². The Labute approximate surface area is 129 Å². The molecule has 0 aromatic carbocycles. The average molecular weight is 302 g/mol. The highest BCUT2D eigenvalue weighted by molar-refractivity contribution is 5.93. The molecule has 22 heavy (non-hydrogen) atoms. The van der Waals surface area contributed by atoms with Gasteiger partial charge in [0.25, 0.3) is 0 Å².